The van der Waals surface area contributed by atoms with E-state index in [0.717, 1.165) is 24.5 Å². The molecule has 1 rings (SSSR count). The molecule has 0 heterocycles. The topological polar surface area (TPSA) is 115 Å². The first kappa shape index (κ1) is 19.3. The Balaban J connectivity index is 3.13. The maximum Gasteiger partial charge on any atom is 0.340 e. The molecule has 0 amide bonds. The van der Waals surface area contributed by atoms with E-state index in [1.807, 2.05) is 20.8 Å². The van der Waals surface area contributed by atoms with E-state index in [1.165, 1.54) is 5.57 Å². The fourth-order valence-electron chi connectivity index (χ4n) is 2.25. The van der Waals surface area contributed by atoms with Gasteiger partial charge in [0.15, 0.2) is 0 Å². The number of allylic oxidation sites excluding steroid dienone is 4. The monoisotopic (exact) mass is 334 g/mol. The number of phenolic OH excluding ortho intramolecular Hbond substituents is 1. The average Bonchev–Trinajstić information content (AvgIpc) is 2.45. The highest BCUT2D eigenvalue weighted by Crippen LogP contribution is 2.34. The summed E-state index contributed by atoms with van der Waals surface area (Å²) in [7, 11) is 0. The zero-order chi connectivity index (χ0) is 18.4. The van der Waals surface area contributed by atoms with Crippen LogP contribution in [0.2, 0.25) is 0 Å². The molecule has 0 aliphatic heterocycles. The Labute approximate surface area is 140 Å². The van der Waals surface area contributed by atoms with Gasteiger partial charge in [0.05, 0.1) is 5.56 Å². The number of carboxylic acid groups (broad SMARTS) is 2. The van der Waals surface area contributed by atoms with Crippen LogP contribution in [0.4, 0.5) is 0 Å². The van der Waals surface area contributed by atoms with Gasteiger partial charge in [-0.05, 0) is 46.1 Å². The number of aromatic carboxylic acids is 2. The summed E-state index contributed by atoms with van der Waals surface area (Å²) in [6.45, 7) is 5.91. The molecule has 0 saturated carbocycles. The fraction of sp³-hybridized carbons (Fsp3) is 0.333. The first-order valence-corrected chi connectivity index (χ1v) is 7.48. The second-order valence-electron chi connectivity index (χ2n) is 5.83. The molecular formula is C18H22O6. The summed E-state index contributed by atoms with van der Waals surface area (Å²) >= 11 is 0. The number of hydrogen-bond donors (Lipinski definition) is 4. The van der Waals surface area contributed by atoms with E-state index >= 15 is 0 Å². The lowest BCUT2D eigenvalue weighted by Crippen LogP contribution is -2.09. The van der Waals surface area contributed by atoms with Gasteiger partial charge in [-0.1, -0.05) is 23.3 Å². The molecule has 0 radical (unpaired) electrons. The minimum absolute atomic E-state index is 0.000959. The molecule has 0 atom stereocenters. The van der Waals surface area contributed by atoms with Crippen LogP contribution in [0, 0.1) is 0 Å². The third-order valence-corrected chi connectivity index (χ3v) is 3.57. The lowest BCUT2D eigenvalue weighted by Gasteiger charge is -2.11. The summed E-state index contributed by atoms with van der Waals surface area (Å²) < 4.78 is 0. The molecule has 0 spiro atoms. The lowest BCUT2D eigenvalue weighted by molar-refractivity contribution is 0.0648. The number of aromatic hydroxyl groups is 2. The Morgan fingerprint density at radius 3 is 2.17 bits per heavy atom. The van der Waals surface area contributed by atoms with Crippen LogP contribution < -0.4 is 0 Å². The Morgan fingerprint density at radius 2 is 1.67 bits per heavy atom. The average molecular weight is 334 g/mol. The van der Waals surface area contributed by atoms with Crippen LogP contribution in [-0.2, 0) is 6.42 Å². The van der Waals surface area contributed by atoms with Crippen molar-refractivity contribution >= 4 is 11.9 Å². The van der Waals surface area contributed by atoms with Crippen molar-refractivity contribution in [2.75, 3.05) is 0 Å². The Kier molecular flexibility index (Phi) is 6.58. The molecule has 24 heavy (non-hydrogen) atoms. The molecule has 0 unspecified atom stereocenters. The zero-order valence-corrected chi connectivity index (χ0v) is 14.0. The van der Waals surface area contributed by atoms with Gasteiger partial charge in [-0.2, -0.15) is 0 Å². The second kappa shape index (κ2) is 8.19. The number of rotatable bonds is 7. The second-order valence-corrected chi connectivity index (χ2v) is 5.83. The van der Waals surface area contributed by atoms with Gasteiger partial charge in [0.2, 0.25) is 0 Å². The standard InChI is InChI=1S/C18H22O6/c1-10(2)5-4-6-11(3)7-8-12-14(19)9-13(17(21)22)15(16(12)20)18(23)24/h5,7,9,19-20H,4,6,8H2,1-3H3,(H,21,22)(H,23,24). The summed E-state index contributed by atoms with van der Waals surface area (Å²) in [5, 5.41) is 38.2. The van der Waals surface area contributed by atoms with Crippen molar-refractivity contribution in [1.82, 2.24) is 0 Å². The van der Waals surface area contributed by atoms with Gasteiger partial charge in [0.25, 0.3) is 0 Å². The van der Waals surface area contributed by atoms with Crippen molar-refractivity contribution < 1.29 is 30.0 Å². The number of phenols is 2. The fourth-order valence-corrected chi connectivity index (χ4v) is 2.25. The van der Waals surface area contributed by atoms with E-state index in [2.05, 4.69) is 6.08 Å². The van der Waals surface area contributed by atoms with Crippen LogP contribution in [0.1, 0.15) is 59.9 Å². The van der Waals surface area contributed by atoms with E-state index in [4.69, 9.17) is 10.2 Å². The molecule has 0 saturated heterocycles. The highest BCUT2D eigenvalue weighted by molar-refractivity contribution is 6.04. The largest absolute Gasteiger partial charge is 0.507 e. The summed E-state index contributed by atoms with van der Waals surface area (Å²) in [6.07, 6.45) is 5.64. The van der Waals surface area contributed by atoms with Gasteiger partial charge in [0, 0.05) is 5.56 Å². The van der Waals surface area contributed by atoms with Crippen molar-refractivity contribution in [2.24, 2.45) is 0 Å². The molecule has 0 fully saturated rings. The summed E-state index contributed by atoms with van der Waals surface area (Å²) in [5.41, 5.74) is 0.870. The molecule has 4 N–H and O–H groups in total. The first-order valence-electron chi connectivity index (χ1n) is 7.48. The Bertz CT molecular complexity index is 709. The molecule has 0 aromatic heterocycles. The molecule has 1 aromatic carbocycles. The third-order valence-electron chi connectivity index (χ3n) is 3.57. The highest BCUT2D eigenvalue weighted by Gasteiger charge is 2.25. The van der Waals surface area contributed by atoms with E-state index in [-0.39, 0.29) is 12.0 Å². The van der Waals surface area contributed by atoms with E-state index in [9.17, 15) is 19.8 Å². The van der Waals surface area contributed by atoms with Crippen LogP contribution in [0.25, 0.3) is 0 Å². The van der Waals surface area contributed by atoms with E-state index < -0.39 is 34.6 Å². The van der Waals surface area contributed by atoms with Crippen molar-refractivity contribution in [3.05, 3.63) is 46.1 Å². The van der Waals surface area contributed by atoms with Crippen LogP contribution in [0.5, 0.6) is 11.5 Å². The summed E-state index contributed by atoms with van der Waals surface area (Å²) in [6, 6.07) is 0.854. The smallest absolute Gasteiger partial charge is 0.340 e. The normalized spacial score (nSPS) is 11.2. The molecule has 0 aliphatic rings. The number of carboxylic acids is 2. The zero-order valence-electron chi connectivity index (χ0n) is 14.0. The van der Waals surface area contributed by atoms with Crippen LogP contribution in [0.3, 0.4) is 0 Å². The lowest BCUT2D eigenvalue weighted by atomic mass is 9.97. The number of carbonyl (C=O) groups is 2. The molecule has 1 aromatic rings. The molecule has 130 valence electrons. The quantitative estimate of drug-likeness (QED) is 0.565. The third kappa shape index (κ3) is 4.87. The summed E-state index contributed by atoms with van der Waals surface area (Å²) in [5.74, 6) is -4.25. The Hall–Kier alpha value is -2.76. The van der Waals surface area contributed by atoms with Crippen LogP contribution in [0.15, 0.2) is 29.4 Å². The van der Waals surface area contributed by atoms with Crippen molar-refractivity contribution in [1.29, 1.82) is 0 Å². The highest BCUT2D eigenvalue weighted by atomic mass is 16.4. The van der Waals surface area contributed by atoms with Crippen molar-refractivity contribution in [3.8, 4) is 11.5 Å². The van der Waals surface area contributed by atoms with E-state index in [0.29, 0.717) is 0 Å². The van der Waals surface area contributed by atoms with Crippen molar-refractivity contribution in [3.63, 3.8) is 0 Å². The van der Waals surface area contributed by atoms with E-state index in [1.54, 1.807) is 6.08 Å². The molecular weight excluding hydrogens is 312 g/mol. The first-order chi connectivity index (χ1) is 11.1. The van der Waals surface area contributed by atoms with Crippen molar-refractivity contribution in [2.45, 2.75) is 40.0 Å². The van der Waals surface area contributed by atoms with Gasteiger partial charge >= 0.3 is 11.9 Å². The molecule has 0 bridgehead atoms. The number of benzene rings is 1. The number of hydrogen-bond acceptors (Lipinski definition) is 4. The molecule has 6 heteroatoms. The Morgan fingerprint density at radius 1 is 1.04 bits per heavy atom. The van der Waals surface area contributed by atoms with Gasteiger partial charge < -0.3 is 20.4 Å². The summed E-state index contributed by atoms with van der Waals surface area (Å²) in [4.78, 5) is 22.3. The predicted molar refractivity (Wildman–Crippen MR) is 89.8 cm³/mol. The van der Waals surface area contributed by atoms with Gasteiger partial charge in [-0.3, -0.25) is 0 Å². The minimum Gasteiger partial charge on any atom is -0.507 e. The van der Waals surface area contributed by atoms with Gasteiger partial charge in [-0.25, -0.2) is 9.59 Å². The van der Waals surface area contributed by atoms with Gasteiger partial charge in [-0.15, -0.1) is 0 Å². The maximum absolute atomic E-state index is 11.2. The molecule has 0 aliphatic carbocycles. The predicted octanol–water partition coefficient (Wildman–Crippen LogP) is 3.73. The maximum atomic E-state index is 11.2. The van der Waals surface area contributed by atoms with Crippen LogP contribution >= 0.6 is 0 Å². The SMILES string of the molecule is CC(C)=CCCC(C)=CCc1c(O)cc(C(=O)O)c(C(=O)O)c1O. The van der Waals surface area contributed by atoms with Crippen LogP contribution in [-0.4, -0.2) is 32.4 Å². The van der Waals surface area contributed by atoms with Gasteiger partial charge in [0.1, 0.15) is 17.1 Å². The minimum atomic E-state index is -1.56. The molecule has 6 nitrogen and oxygen atoms in total.